The maximum atomic E-state index is 5.75. The highest BCUT2D eigenvalue weighted by atomic mass is 16.5. The number of para-hydroxylation sites is 2. The third kappa shape index (κ3) is 2.32. The van der Waals surface area contributed by atoms with Gasteiger partial charge in [-0.25, -0.2) is 10.8 Å². The number of pyridine rings is 1. The molecule has 1 aliphatic heterocycles. The number of fused-ring (bicyclic) bond motifs is 1. The molecule has 0 atom stereocenters. The zero-order chi connectivity index (χ0) is 13.1. The van der Waals surface area contributed by atoms with Crippen LogP contribution in [0.2, 0.25) is 0 Å². The van der Waals surface area contributed by atoms with Crippen LogP contribution in [-0.4, -0.2) is 18.1 Å². The van der Waals surface area contributed by atoms with E-state index in [1.807, 2.05) is 42.5 Å². The summed E-state index contributed by atoms with van der Waals surface area (Å²) in [6.45, 7) is 1.60. The zero-order valence-corrected chi connectivity index (χ0v) is 10.5. The molecule has 5 heteroatoms. The van der Waals surface area contributed by atoms with Crippen LogP contribution in [0.25, 0.3) is 0 Å². The average molecular weight is 256 g/mol. The summed E-state index contributed by atoms with van der Waals surface area (Å²) in [5.74, 6) is 7.84. The van der Waals surface area contributed by atoms with Crippen molar-refractivity contribution in [2.45, 2.75) is 6.42 Å². The fourth-order valence-corrected chi connectivity index (χ4v) is 2.22. The van der Waals surface area contributed by atoms with E-state index in [4.69, 9.17) is 10.6 Å². The predicted molar refractivity (Wildman–Crippen MR) is 75.6 cm³/mol. The van der Waals surface area contributed by atoms with Gasteiger partial charge in [-0.2, -0.15) is 0 Å². The van der Waals surface area contributed by atoms with Crippen LogP contribution in [0.15, 0.2) is 42.5 Å². The van der Waals surface area contributed by atoms with Crippen molar-refractivity contribution in [2.75, 3.05) is 23.5 Å². The summed E-state index contributed by atoms with van der Waals surface area (Å²) in [5, 5.41) is 0. The van der Waals surface area contributed by atoms with E-state index in [9.17, 15) is 0 Å². The van der Waals surface area contributed by atoms with Crippen LogP contribution in [0.5, 0.6) is 5.75 Å². The first-order valence-electron chi connectivity index (χ1n) is 6.31. The Morgan fingerprint density at radius 1 is 1.16 bits per heavy atom. The van der Waals surface area contributed by atoms with E-state index in [-0.39, 0.29) is 0 Å². The van der Waals surface area contributed by atoms with Gasteiger partial charge in [-0.3, -0.25) is 0 Å². The highest BCUT2D eigenvalue weighted by Gasteiger charge is 2.18. The Hall–Kier alpha value is -2.27. The van der Waals surface area contributed by atoms with Gasteiger partial charge in [0.1, 0.15) is 17.4 Å². The number of nitrogens with zero attached hydrogens (tertiary/aromatic N) is 2. The van der Waals surface area contributed by atoms with Crippen LogP contribution in [0.3, 0.4) is 0 Å². The molecule has 2 aromatic rings. The van der Waals surface area contributed by atoms with Gasteiger partial charge in [0, 0.05) is 6.54 Å². The molecule has 0 radical (unpaired) electrons. The molecule has 0 aliphatic carbocycles. The Balaban J connectivity index is 2.03. The third-order valence-electron chi connectivity index (χ3n) is 3.10. The van der Waals surface area contributed by atoms with Crippen LogP contribution in [0.4, 0.5) is 17.3 Å². The van der Waals surface area contributed by atoms with E-state index >= 15 is 0 Å². The lowest BCUT2D eigenvalue weighted by atomic mass is 10.2. The smallest absolute Gasteiger partial charge is 0.142 e. The molecule has 0 amide bonds. The molecular weight excluding hydrogens is 240 g/mol. The standard InChI is InChI=1S/C14H16N4O/c15-17-13-7-3-8-14(16-13)18-9-4-10-19-12-6-2-1-5-11(12)18/h1-3,5-8H,4,9-10,15H2,(H,16,17). The minimum absolute atomic E-state index is 0.653. The number of hydrogen-bond acceptors (Lipinski definition) is 5. The van der Waals surface area contributed by atoms with E-state index in [0.717, 1.165) is 36.8 Å². The first-order chi connectivity index (χ1) is 9.38. The summed E-state index contributed by atoms with van der Waals surface area (Å²) in [6.07, 6.45) is 0.955. The maximum Gasteiger partial charge on any atom is 0.142 e. The minimum Gasteiger partial charge on any atom is -0.491 e. The van der Waals surface area contributed by atoms with Crippen LogP contribution in [0, 0.1) is 0 Å². The maximum absolute atomic E-state index is 5.75. The second-order valence-electron chi connectivity index (χ2n) is 4.35. The van der Waals surface area contributed by atoms with Gasteiger partial charge in [0.2, 0.25) is 0 Å². The van der Waals surface area contributed by atoms with Gasteiger partial charge in [0.05, 0.1) is 12.3 Å². The molecule has 5 nitrogen and oxygen atoms in total. The molecule has 0 spiro atoms. The number of benzene rings is 1. The second-order valence-corrected chi connectivity index (χ2v) is 4.35. The topological polar surface area (TPSA) is 63.4 Å². The number of anilines is 3. The minimum atomic E-state index is 0.653. The highest BCUT2D eigenvalue weighted by Crippen LogP contribution is 2.35. The summed E-state index contributed by atoms with van der Waals surface area (Å²) < 4.78 is 5.75. The number of nitrogens with one attached hydrogen (secondary N) is 1. The van der Waals surface area contributed by atoms with Crippen molar-refractivity contribution < 1.29 is 4.74 Å². The van der Waals surface area contributed by atoms with Crippen molar-refractivity contribution in [3.05, 3.63) is 42.5 Å². The largest absolute Gasteiger partial charge is 0.491 e. The predicted octanol–water partition coefficient (Wildman–Crippen LogP) is 2.29. The fraction of sp³-hybridized carbons (Fsp3) is 0.214. The molecule has 2 heterocycles. The summed E-state index contributed by atoms with van der Waals surface area (Å²) >= 11 is 0. The van der Waals surface area contributed by atoms with Gasteiger partial charge in [-0.15, -0.1) is 0 Å². The molecule has 0 saturated carbocycles. The Bertz CT molecular complexity index is 573. The van der Waals surface area contributed by atoms with Crippen molar-refractivity contribution >= 4 is 17.3 Å². The Labute approximate surface area is 112 Å². The molecule has 98 valence electrons. The van der Waals surface area contributed by atoms with Crippen molar-refractivity contribution in [1.82, 2.24) is 4.98 Å². The number of rotatable bonds is 2. The molecule has 0 saturated heterocycles. The summed E-state index contributed by atoms with van der Waals surface area (Å²) in [6, 6.07) is 13.8. The fourth-order valence-electron chi connectivity index (χ4n) is 2.22. The molecule has 0 bridgehead atoms. The van der Waals surface area contributed by atoms with Gasteiger partial charge >= 0.3 is 0 Å². The van der Waals surface area contributed by atoms with Crippen molar-refractivity contribution in [3.8, 4) is 5.75 Å². The van der Waals surface area contributed by atoms with E-state index in [1.165, 1.54) is 0 Å². The Kier molecular flexibility index (Phi) is 3.20. The van der Waals surface area contributed by atoms with Gasteiger partial charge in [-0.05, 0) is 30.7 Å². The van der Waals surface area contributed by atoms with Crippen LogP contribution >= 0.6 is 0 Å². The van der Waals surface area contributed by atoms with E-state index < -0.39 is 0 Å². The number of nitrogen functional groups attached to an aromatic ring is 1. The van der Waals surface area contributed by atoms with Gasteiger partial charge in [0.25, 0.3) is 0 Å². The Morgan fingerprint density at radius 2 is 2.05 bits per heavy atom. The molecule has 0 unspecified atom stereocenters. The van der Waals surface area contributed by atoms with E-state index in [2.05, 4.69) is 15.3 Å². The number of nitrogens with two attached hydrogens (primary N) is 1. The summed E-state index contributed by atoms with van der Waals surface area (Å²) in [7, 11) is 0. The van der Waals surface area contributed by atoms with Crippen LogP contribution < -0.4 is 20.9 Å². The van der Waals surface area contributed by atoms with Gasteiger partial charge in [0.15, 0.2) is 0 Å². The van der Waals surface area contributed by atoms with E-state index in [0.29, 0.717) is 5.82 Å². The number of hydrogen-bond donors (Lipinski definition) is 2. The molecule has 1 aliphatic rings. The summed E-state index contributed by atoms with van der Waals surface area (Å²) in [4.78, 5) is 6.65. The number of ether oxygens (including phenoxy) is 1. The Morgan fingerprint density at radius 3 is 2.95 bits per heavy atom. The first-order valence-corrected chi connectivity index (χ1v) is 6.31. The average Bonchev–Trinajstić information content (AvgIpc) is 2.69. The van der Waals surface area contributed by atoms with Gasteiger partial charge < -0.3 is 15.1 Å². The monoisotopic (exact) mass is 256 g/mol. The zero-order valence-electron chi connectivity index (χ0n) is 10.5. The third-order valence-corrected chi connectivity index (χ3v) is 3.10. The molecule has 19 heavy (non-hydrogen) atoms. The van der Waals surface area contributed by atoms with Gasteiger partial charge in [-0.1, -0.05) is 18.2 Å². The first kappa shape index (κ1) is 11.8. The quantitative estimate of drug-likeness (QED) is 0.637. The van der Waals surface area contributed by atoms with E-state index in [1.54, 1.807) is 0 Å². The number of aromatic nitrogens is 1. The van der Waals surface area contributed by atoms with Crippen molar-refractivity contribution in [1.29, 1.82) is 0 Å². The lowest BCUT2D eigenvalue weighted by Gasteiger charge is -2.23. The molecule has 0 fully saturated rings. The summed E-state index contributed by atoms with van der Waals surface area (Å²) in [5.41, 5.74) is 3.62. The highest BCUT2D eigenvalue weighted by molar-refractivity contribution is 5.68. The lowest BCUT2D eigenvalue weighted by Crippen LogP contribution is -2.19. The number of hydrazine groups is 1. The van der Waals surface area contributed by atoms with Crippen molar-refractivity contribution in [2.24, 2.45) is 5.84 Å². The molecule has 1 aromatic heterocycles. The van der Waals surface area contributed by atoms with Crippen molar-refractivity contribution in [3.63, 3.8) is 0 Å². The molecule has 1 aromatic carbocycles. The molecule has 3 N–H and O–H groups in total. The van der Waals surface area contributed by atoms with Crippen LogP contribution in [0.1, 0.15) is 6.42 Å². The normalized spacial score (nSPS) is 14.3. The SMILES string of the molecule is NNc1cccc(N2CCCOc3ccccc32)n1. The molecule has 3 rings (SSSR count). The molecular formula is C14H16N4O. The lowest BCUT2D eigenvalue weighted by molar-refractivity contribution is 0.322. The second kappa shape index (κ2) is 5.16. The van der Waals surface area contributed by atoms with Crippen LogP contribution in [-0.2, 0) is 0 Å².